The first-order valence-electron chi connectivity index (χ1n) is 11.7. The normalized spacial score (nSPS) is 26.2. The van der Waals surface area contributed by atoms with E-state index in [2.05, 4.69) is 27.1 Å². The number of carbonyl (C=O) groups is 2. The van der Waals surface area contributed by atoms with Crippen molar-refractivity contribution in [1.82, 2.24) is 20.1 Å². The lowest BCUT2D eigenvalue weighted by Crippen LogP contribution is -2.50. The number of amides is 2. The third-order valence-corrected chi connectivity index (χ3v) is 7.57. The van der Waals surface area contributed by atoms with Crippen molar-refractivity contribution in [2.75, 3.05) is 33.2 Å². The number of nitrogens with zero attached hydrogens (tertiary/aromatic N) is 3. The average molecular weight is 413 g/mol. The molecule has 3 aliphatic rings. The van der Waals surface area contributed by atoms with E-state index in [9.17, 15) is 9.59 Å². The Hall–Kier alpha value is -1.95. The Morgan fingerprint density at radius 3 is 2.67 bits per heavy atom. The minimum Gasteiger partial charge on any atom is -0.356 e. The summed E-state index contributed by atoms with van der Waals surface area (Å²) in [5.41, 5.74) is 1.42. The van der Waals surface area contributed by atoms with Crippen LogP contribution in [0.15, 0.2) is 24.5 Å². The predicted octanol–water partition coefficient (Wildman–Crippen LogP) is 2.63. The van der Waals surface area contributed by atoms with Gasteiger partial charge < -0.3 is 10.2 Å². The van der Waals surface area contributed by atoms with Crippen molar-refractivity contribution in [3.05, 3.63) is 30.1 Å². The van der Waals surface area contributed by atoms with Gasteiger partial charge in [-0.3, -0.25) is 19.5 Å². The number of rotatable bonds is 6. The number of aromatic nitrogens is 1. The summed E-state index contributed by atoms with van der Waals surface area (Å²) in [5, 5.41) is 3.14. The number of hydrogen-bond donors (Lipinski definition) is 1. The van der Waals surface area contributed by atoms with Gasteiger partial charge in [-0.05, 0) is 81.6 Å². The topological polar surface area (TPSA) is 65.5 Å². The quantitative estimate of drug-likeness (QED) is 0.730. The summed E-state index contributed by atoms with van der Waals surface area (Å²) in [6.07, 6.45) is 13.1. The van der Waals surface area contributed by atoms with E-state index in [1.54, 1.807) is 0 Å². The van der Waals surface area contributed by atoms with Crippen LogP contribution < -0.4 is 5.32 Å². The highest BCUT2D eigenvalue weighted by Crippen LogP contribution is 2.59. The summed E-state index contributed by atoms with van der Waals surface area (Å²) < 4.78 is 0. The lowest BCUT2D eigenvalue weighted by atomic mass is 9.90. The van der Waals surface area contributed by atoms with Crippen LogP contribution in [0.1, 0.15) is 56.9 Å². The van der Waals surface area contributed by atoms with Gasteiger partial charge in [-0.2, -0.15) is 0 Å². The fraction of sp³-hybridized carbons (Fsp3) is 0.708. The molecule has 6 heteroatoms. The van der Waals surface area contributed by atoms with Gasteiger partial charge in [0, 0.05) is 37.9 Å². The van der Waals surface area contributed by atoms with E-state index in [1.807, 2.05) is 24.5 Å². The predicted molar refractivity (Wildman–Crippen MR) is 117 cm³/mol. The number of likely N-dealkylation sites (tertiary alicyclic amines) is 2. The molecule has 1 N–H and O–H groups in total. The minimum absolute atomic E-state index is 0.0558. The molecule has 1 spiro atoms. The van der Waals surface area contributed by atoms with Crippen LogP contribution in [-0.2, 0) is 16.0 Å². The van der Waals surface area contributed by atoms with E-state index in [0.29, 0.717) is 5.91 Å². The smallest absolute Gasteiger partial charge is 0.239 e. The first kappa shape index (κ1) is 21.3. The Bertz CT molecular complexity index is 730. The lowest BCUT2D eigenvalue weighted by molar-refractivity contribution is -0.138. The van der Waals surface area contributed by atoms with Gasteiger partial charge in [-0.15, -0.1) is 0 Å². The minimum atomic E-state index is 0.0558. The first-order chi connectivity index (χ1) is 14.6. The summed E-state index contributed by atoms with van der Waals surface area (Å²) >= 11 is 0. The van der Waals surface area contributed by atoms with Gasteiger partial charge in [0.25, 0.3) is 0 Å². The Morgan fingerprint density at radius 1 is 1.13 bits per heavy atom. The Labute approximate surface area is 180 Å². The monoisotopic (exact) mass is 412 g/mol. The Morgan fingerprint density at radius 2 is 1.90 bits per heavy atom. The molecule has 3 heterocycles. The summed E-state index contributed by atoms with van der Waals surface area (Å²) in [4.78, 5) is 34.0. The van der Waals surface area contributed by atoms with Crippen LogP contribution in [0.2, 0.25) is 0 Å². The zero-order chi connectivity index (χ0) is 21.0. The molecule has 2 amide bonds. The highest BCUT2D eigenvalue weighted by Gasteiger charge is 2.58. The second kappa shape index (κ2) is 9.46. The molecule has 2 atom stereocenters. The van der Waals surface area contributed by atoms with Crippen molar-refractivity contribution in [3.8, 4) is 0 Å². The fourth-order valence-corrected chi connectivity index (χ4v) is 5.39. The van der Waals surface area contributed by atoms with Crippen LogP contribution in [0.25, 0.3) is 0 Å². The molecule has 2 aliphatic heterocycles. The van der Waals surface area contributed by atoms with Crippen molar-refractivity contribution in [2.45, 2.75) is 63.8 Å². The molecule has 0 unspecified atom stereocenters. The summed E-state index contributed by atoms with van der Waals surface area (Å²) in [6.45, 7) is 3.38. The van der Waals surface area contributed by atoms with Crippen LogP contribution in [-0.4, -0.2) is 65.9 Å². The molecule has 2 saturated heterocycles. The van der Waals surface area contributed by atoms with Gasteiger partial charge in [0.15, 0.2) is 0 Å². The summed E-state index contributed by atoms with van der Waals surface area (Å²) in [7, 11) is 2.09. The summed E-state index contributed by atoms with van der Waals surface area (Å²) in [5.74, 6) is 0.677. The van der Waals surface area contributed by atoms with Crippen LogP contribution in [0.4, 0.5) is 0 Å². The molecule has 0 bridgehead atoms. The molecule has 164 valence electrons. The molecular weight excluding hydrogens is 376 g/mol. The van der Waals surface area contributed by atoms with Crippen LogP contribution in [0, 0.1) is 11.3 Å². The van der Waals surface area contributed by atoms with Gasteiger partial charge in [0.05, 0.1) is 6.04 Å². The maximum atomic E-state index is 13.1. The second-order valence-electron chi connectivity index (χ2n) is 9.54. The maximum Gasteiger partial charge on any atom is 0.239 e. The molecule has 0 radical (unpaired) electrons. The fourth-order valence-electron chi connectivity index (χ4n) is 5.39. The molecule has 0 aromatic carbocycles. The first-order valence-corrected chi connectivity index (χ1v) is 11.7. The van der Waals surface area contributed by atoms with Gasteiger partial charge in [-0.1, -0.05) is 12.8 Å². The zero-order valence-corrected chi connectivity index (χ0v) is 18.3. The van der Waals surface area contributed by atoms with E-state index < -0.39 is 0 Å². The number of nitrogens with one attached hydrogen (secondary N) is 1. The molecular formula is C24H36N4O2. The van der Waals surface area contributed by atoms with Crippen molar-refractivity contribution in [3.63, 3.8) is 0 Å². The molecule has 1 aromatic rings. The Kier molecular flexibility index (Phi) is 6.71. The molecule has 1 aromatic heterocycles. The third kappa shape index (κ3) is 4.85. The van der Waals surface area contributed by atoms with Crippen LogP contribution >= 0.6 is 0 Å². The number of likely N-dealkylation sites (N-methyl/N-ethyl adjacent to an activating group) is 1. The van der Waals surface area contributed by atoms with E-state index in [1.165, 1.54) is 18.4 Å². The number of piperidine rings is 1. The molecule has 1 aliphatic carbocycles. The van der Waals surface area contributed by atoms with Gasteiger partial charge in [-0.25, -0.2) is 0 Å². The van der Waals surface area contributed by atoms with Gasteiger partial charge in [0.2, 0.25) is 11.8 Å². The van der Waals surface area contributed by atoms with Crippen molar-refractivity contribution < 1.29 is 9.59 Å². The number of aryl methyl sites for hydroxylation is 1. The van der Waals surface area contributed by atoms with Crippen LogP contribution in [0.3, 0.4) is 0 Å². The molecule has 3 fully saturated rings. The van der Waals surface area contributed by atoms with E-state index in [0.717, 1.165) is 71.1 Å². The largest absolute Gasteiger partial charge is 0.356 e. The van der Waals surface area contributed by atoms with E-state index in [-0.39, 0.29) is 23.3 Å². The zero-order valence-electron chi connectivity index (χ0n) is 18.3. The highest BCUT2D eigenvalue weighted by atomic mass is 16.2. The van der Waals surface area contributed by atoms with Crippen molar-refractivity contribution in [1.29, 1.82) is 0 Å². The maximum absolute atomic E-state index is 13.1. The summed E-state index contributed by atoms with van der Waals surface area (Å²) in [6, 6.07) is 4.11. The Balaban J connectivity index is 1.19. The van der Waals surface area contributed by atoms with Crippen molar-refractivity contribution in [2.24, 2.45) is 11.3 Å². The number of hydrogen-bond acceptors (Lipinski definition) is 4. The second-order valence-corrected chi connectivity index (χ2v) is 9.54. The highest BCUT2D eigenvalue weighted by molar-refractivity contribution is 5.83. The number of pyridine rings is 1. The third-order valence-electron chi connectivity index (χ3n) is 7.57. The molecule has 1 saturated carbocycles. The number of carbonyl (C=O) groups excluding carboxylic acids is 2. The van der Waals surface area contributed by atoms with Crippen LogP contribution in [0.5, 0.6) is 0 Å². The van der Waals surface area contributed by atoms with Gasteiger partial charge >= 0.3 is 0 Å². The van der Waals surface area contributed by atoms with Crippen molar-refractivity contribution >= 4 is 11.8 Å². The standard InChI is InChI=1S/C24H36N4O2/c1-27-15-4-2-3-7-21(27)23(30)28-16-10-24(11-17-28)18-20(24)22(29)26-12-5-6-19-8-13-25-14-9-19/h8-9,13-14,20-21H,2-7,10-12,15-18H2,1H3,(H,26,29)/t20-,21+/m1/s1. The van der Waals surface area contributed by atoms with E-state index >= 15 is 0 Å². The lowest BCUT2D eigenvalue weighted by Gasteiger charge is -2.37. The molecule has 30 heavy (non-hydrogen) atoms. The van der Waals surface area contributed by atoms with E-state index in [4.69, 9.17) is 0 Å². The molecule has 6 nitrogen and oxygen atoms in total. The molecule has 4 rings (SSSR count). The SMILES string of the molecule is CN1CCCCC[C@H]1C(=O)N1CCC2(CC1)C[C@@H]2C(=O)NCCCc1ccncc1. The van der Waals surface area contributed by atoms with Gasteiger partial charge in [0.1, 0.15) is 0 Å². The average Bonchev–Trinajstić information content (AvgIpc) is 3.51.